The van der Waals surface area contributed by atoms with Crippen molar-refractivity contribution in [1.82, 2.24) is 10.3 Å². The molecule has 0 amide bonds. The topological polar surface area (TPSA) is 45.1 Å². The summed E-state index contributed by atoms with van der Waals surface area (Å²) in [5.74, 6) is 0. The molecule has 0 bridgehead atoms. The molecule has 2 aliphatic carbocycles. The number of hydrogen-bond donors (Lipinski definition) is 2. The van der Waals surface area contributed by atoms with Gasteiger partial charge in [0.2, 0.25) is 0 Å². The van der Waals surface area contributed by atoms with Crippen LogP contribution in [0.1, 0.15) is 49.4 Å². The van der Waals surface area contributed by atoms with Crippen molar-refractivity contribution in [2.24, 2.45) is 5.41 Å². The molecule has 1 aromatic rings. The highest BCUT2D eigenvalue weighted by molar-refractivity contribution is 5.25. The van der Waals surface area contributed by atoms with Gasteiger partial charge < -0.3 is 10.4 Å². The van der Waals surface area contributed by atoms with Crippen LogP contribution in [0.15, 0.2) is 18.3 Å². The number of pyridine rings is 1. The summed E-state index contributed by atoms with van der Waals surface area (Å²) in [6, 6.07) is 4.66. The van der Waals surface area contributed by atoms with Gasteiger partial charge in [-0.3, -0.25) is 4.98 Å². The Morgan fingerprint density at radius 2 is 2.33 bits per heavy atom. The van der Waals surface area contributed by atoms with Crippen LogP contribution in [0.2, 0.25) is 0 Å². The number of hydrogen-bond acceptors (Lipinski definition) is 3. The summed E-state index contributed by atoms with van der Waals surface area (Å²) in [5.41, 5.74) is 3.05. The van der Waals surface area contributed by atoms with Crippen molar-refractivity contribution < 1.29 is 5.11 Å². The molecule has 1 saturated carbocycles. The lowest BCUT2D eigenvalue weighted by molar-refractivity contribution is 0.240. The summed E-state index contributed by atoms with van der Waals surface area (Å²) < 4.78 is 0. The molecule has 3 rings (SSSR count). The highest BCUT2D eigenvalue weighted by Gasteiger charge is 2.42. The van der Waals surface area contributed by atoms with Crippen molar-refractivity contribution >= 4 is 0 Å². The van der Waals surface area contributed by atoms with Crippen LogP contribution in [-0.2, 0) is 6.42 Å². The molecule has 0 spiro atoms. The molecule has 1 aromatic heterocycles. The molecular formula is C15H22N2O. The minimum absolute atomic E-state index is 0.321. The number of aliphatic hydroxyl groups is 1. The predicted molar refractivity (Wildman–Crippen MR) is 71.3 cm³/mol. The maximum absolute atomic E-state index is 9.10. The van der Waals surface area contributed by atoms with E-state index >= 15 is 0 Å². The smallest absolute Gasteiger partial charge is 0.0605 e. The fourth-order valence-electron chi connectivity index (χ4n) is 3.08. The first-order valence-electron chi connectivity index (χ1n) is 7.11. The number of nitrogens with zero attached hydrogens (tertiary/aromatic N) is 1. The van der Waals surface area contributed by atoms with E-state index in [-0.39, 0.29) is 0 Å². The summed E-state index contributed by atoms with van der Waals surface area (Å²) in [6.07, 6.45) is 9.00. The van der Waals surface area contributed by atoms with Gasteiger partial charge in [-0.2, -0.15) is 0 Å². The number of aryl methyl sites for hydroxylation is 1. The fraction of sp³-hybridized carbons (Fsp3) is 0.667. The van der Waals surface area contributed by atoms with E-state index in [1.165, 1.54) is 43.4 Å². The Bertz CT molecular complexity index is 415. The lowest BCUT2D eigenvalue weighted by Gasteiger charge is -2.27. The van der Waals surface area contributed by atoms with Gasteiger partial charge >= 0.3 is 0 Å². The van der Waals surface area contributed by atoms with Gasteiger partial charge in [-0.15, -0.1) is 0 Å². The molecule has 18 heavy (non-hydrogen) atoms. The van der Waals surface area contributed by atoms with Gasteiger partial charge in [0.15, 0.2) is 0 Å². The van der Waals surface area contributed by atoms with Crippen molar-refractivity contribution in [3.05, 3.63) is 29.6 Å². The quantitative estimate of drug-likeness (QED) is 0.837. The SMILES string of the molecule is OCCC1(CNC2CCCc3cccnc32)CC1. The molecule has 1 atom stereocenters. The Kier molecular flexibility index (Phi) is 3.35. The summed E-state index contributed by atoms with van der Waals surface area (Å²) in [5, 5.41) is 12.8. The summed E-state index contributed by atoms with van der Waals surface area (Å²) in [7, 11) is 0. The number of nitrogens with one attached hydrogen (secondary N) is 1. The Balaban J connectivity index is 1.64. The van der Waals surface area contributed by atoms with E-state index < -0.39 is 0 Å². The first-order valence-corrected chi connectivity index (χ1v) is 7.11. The molecule has 0 radical (unpaired) electrons. The minimum Gasteiger partial charge on any atom is -0.396 e. The highest BCUT2D eigenvalue weighted by Crippen LogP contribution is 2.48. The highest BCUT2D eigenvalue weighted by atomic mass is 16.3. The average Bonchev–Trinajstić information content (AvgIpc) is 3.17. The van der Waals surface area contributed by atoms with Crippen LogP contribution < -0.4 is 5.32 Å². The summed E-state index contributed by atoms with van der Waals surface area (Å²) in [4.78, 5) is 4.56. The van der Waals surface area contributed by atoms with Gasteiger partial charge in [0.25, 0.3) is 0 Å². The van der Waals surface area contributed by atoms with Crippen LogP contribution in [0, 0.1) is 5.41 Å². The van der Waals surface area contributed by atoms with Gasteiger partial charge in [-0.1, -0.05) is 6.07 Å². The number of aliphatic hydroxyl groups excluding tert-OH is 1. The molecule has 3 heteroatoms. The van der Waals surface area contributed by atoms with Crippen LogP contribution in [0.3, 0.4) is 0 Å². The second kappa shape index (κ2) is 4.98. The molecular weight excluding hydrogens is 224 g/mol. The first kappa shape index (κ1) is 12.1. The van der Waals surface area contributed by atoms with Crippen LogP contribution in [0.4, 0.5) is 0 Å². The van der Waals surface area contributed by atoms with Crippen molar-refractivity contribution in [2.75, 3.05) is 13.2 Å². The van der Waals surface area contributed by atoms with Gasteiger partial charge in [0, 0.05) is 25.4 Å². The number of aromatic nitrogens is 1. The monoisotopic (exact) mass is 246 g/mol. The third-order valence-corrected chi connectivity index (χ3v) is 4.52. The van der Waals surface area contributed by atoms with Crippen molar-refractivity contribution in [2.45, 2.75) is 44.6 Å². The molecule has 2 N–H and O–H groups in total. The predicted octanol–water partition coefficient (Wildman–Crippen LogP) is 2.21. The third kappa shape index (κ3) is 2.43. The Labute approximate surface area is 109 Å². The molecule has 1 fully saturated rings. The normalized spacial score (nSPS) is 24.6. The second-order valence-electron chi connectivity index (χ2n) is 5.85. The Hall–Kier alpha value is -0.930. The van der Waals surface area contributed by atoms with Crippen molar-refractivity contribution in [1.29, 1.82) is 0 Å². The largest absolute Gasteiger partial charge is 0.396 e. The van der Waals surface area contributed by atoms with Gasteiger partial charge in [0.1, 0.15) is 0 Å². The molecule has 1 unspecified atom stereocenters. The summed E-state index contributed by atoms with van der Waals surface area (Å²) >= 11 is 0. The van der Waals surface area contributed by atoms with Crippen LogP contribution >= 0.6 is 0 Å². The third-order valence-electron chi connectivity index (χ3n) is 4.52. The zero-order chi connectivity index (χ0) is 12.4. The first-order chi connectivity index (χ1) is 8.83. The number of fused-ring (bicyclic) bond motifs is 1. The van der Waals surface area contributed by atoms with Gasteiger partial charge in [-0.05, 0) is 55.6 Å². The summed E-state index contributed by atoms with van der Waals surface area (Å²) in [6.45, 7) is 1.36. The lowest BCUT2D eigenvalue weighted by Crippen LogP contribution is -2.31. The number of rotatable bonds is 5. The van der Waals surface area contributed by atoms with Gasteiger partial charge in [-0.25, -0.2) is 0 Å². The molecule has 1 heterocycles. The molecule has 2 aliphatic rings. The zero-order valence-electron chi connectivity index (χ0n) is 10.9. The Morgan fingerprint density at radius 3 is 3.11 bits per heavy atom. The van der Waals surface area contributed by atoms with Crippen LogP contribution in [-0.4, -0.2) is 23.2 Å². The van der Waals surface area contributed by atoms with Crippen LogP contribution in [0.5, 0.6) is 0 Å². The molecule has 0 aliphatic heterocycles. The molecule has 98 valence electrons. The maximum Gasteiger partial charge on any atom is 0.0605 e. The lowest BCUT2D eigenvalue weighted by atomic mass is 9.91. The Morgan fingerprint density at radius 1 is 1.44 bits per heavy atom. The fourth-order valence-corrected chi connectivity index (χ4v) is 3.08. The van der Waals surface area contributed by atoms with Crippen molar-refractivity contribution in [3.63, 3.8) is 0 Å². The van der Waals surface area contributed by atoms with E-state index in [1.54, 1.807) is 0 Å². The van der Waals surface area contributed by atoms with E-state index in [0.29, 0.717) is 18.1 Å². The molecule has 0 aromatic carbocycles. The van der Waals surface area contributed by atoms with E-state index in [2.05, 4.69) is 16.4 Å². The minimum atomic E-state index is 0.321. The van der Waals surface area contributed by atoms with E-state index in [4.69, 9.17) is 5.11 Å². The second-order valence-corrected chi connectivity index (χ2v) is 5.85. The van der Waals surface area contributed by atoms with Crippen molar-refractivity contribution in [3.8, 4) is 0 Å². The molecule has 3 nitrogen and oxygen atoms in total. The van der Waals surface area contributed by atoms with E-state index in [0.717, 1.165) is 13.0 Å². The van der Waals surface area contributed by atoms with E-state index in [1.807, 2.05) is 12.3 Å². The average molecular weight is 246 g/mol. The zero-order valence-corrected chi connectivity index (χ0v) is 10.9. The maximum atomic E-state index is 9.10. The standard InChI is InChI=1S/C15H22N2O/c18-10-8-15(6-7-15)11-17-13-5-1-3-12-4-2-9-16-14(12)13/h2,4,9,13,17-18H,1,3,5-8,10-11H2. The van der Waals surface area contributed by atoms with Crippen LogP contribution in [0.25, 0.3) is 0 Å². The molecule has 0 saturated heterocycles. The van der Waals surface area contributed by atoms with E-state index in [9.17, 15) is 0 Å². The van der Waals surface area contributed by atoms with Gasteiger partial charge in [0.05, 0.1) is 5.69 Å².